The van der Waals surface area contributed by atoms with Crippen LogP contribution < -0.4 is 5.73 Å². The van der Waals surface area contributed by atoms with E-state index in [2.05, 4.69) is 4.98 Å². The molecule has 0 aliphatic carbocycles. The number of nitrogens with two attached hydrogens (primary N) is 1. The van der Waals surface area contributed by atoms with E-state index in [1.165, 1.54) is 4.90 Å². The number of amides is 2. The van der Waals surface area contributed by atoms with Crippen LogP contribution in [0.2, 0.25) is 0 Å². The Morgan fingerprint density at radius 1 is 1.35 bits per heavy atom. The number of carbonyl (C=O) groups is 2. The van der Waals surface area contributed by atoms with Crippen LogP contribution in [0.25, 0.3) is 10.4 Å². The van der Waals surface area contributed by atoms with Crippen molar-refractivity contribution in [2.75, 3.05) is 6.54 Å². The highest BCUT2D eigenvalue weighted by molar-refractivity contribution is 7.13. The number of benzene rings is 1. The van der Waals surface area contributed by atoms with Crippen LogP contribution in [0, 0.1) is 12.3 Å². The number of nitrogens with zero attached hydrogens (tertiary/aromatic N) is 3. The molecule has 1 saturated heterocycles. The second kappa shape index (κ2) is 9.24. The van der Waals surface area contributed by atoms with Crippen molar-refractivity contribution in [3.05, 3.63) is 41.0 Å². The summed E-state index contributed by atoms with van der Waals surface area (Å²) in [5.41, 5.74) is 10.4. The van der Waals surface area contributed by atoms with Crippen molar-refractivity contribution in [1.82, 2.24) is 14.3 Å². The van der Waals surface area contributed by atoms with E-state index in [-0.39, 0.29) is 25.4 Å². The lowest BCUT2D eigenvalue weighted by atomic mass is 9.86. The Balaban J connectivity index is 1.69. The van der Waals surface area contributed by atoms with Crippen LogP contribution in [0.3, 0.4) is 0 Å². The summed E-state index contributed by atoms with van der Waals surface area (Å²) < 4.78 is 1.08. The van der Waals surface area contributed by atoms with Crippen molar-refractivity contribution in [3.63, 3.8) is 0 Å². The van der Waals surface area contributed by atoms with Gasteiger partial charge in [0.05, 0.1) is 34.8 Å². The fourth-order valence-electron chi connectivity index (χ4n) is 3.58. The van der Waals surface area contributed by atoms with Crippen molar-refractivity contribution in [1.29, 1.82) is 0 Å². The Kier molecular flexibility index (Phi) is 7.05. The van der Waals surface area contributed by atoms with Gasteiger partial charge < -0.3 is 15.7 Å². The maximum absolute atomic E-state index is 13.0. The number of likely N-dealkylation sites (tertiary alicyclic amines) is 1. The molecule has 0 saturated carbocycles. The van der Waals surface area contributed by atoms with Gasteiger partial charge in [-0.3, -0.25) is 9.59 Å². The molecular formula is C22H29ClN4O3S. The molecule has 0 spiro atoms. The van der Waals surface area contributed by atoms with Gasteiger partial charge in [0, 0.05) is 24.7 Å². The molecule has 31 heavy (non-hydrogen) atoms. The van der Waals surface area contributed by atoms with Crippen molar-refractivity contribution in [3.8, 4) is 10.4 Å². The molecular weight excluding hydrogens is 436 g/mol. The summed E-state index contributed by atoms with van der Waals surface area (Å²) in [6.07, 6.45) is -0.633. The molecule has 2 aromatic rings. The Hall–Kier alpha value is -2.00. The predicted molar refractivity (Wildman–Crippen MR) is 122 cm³/mol. The van der Waals surface area contributed by atoms with E-state index in [1.807, 2.05) is 57.5 Å². The van der Waals surface area contributed by atoms with Crippen molar-refractivity contribution >= 4 is 34.9 Å². The zero-order valence-electron chi connectivity index (χ0n) is 18.2. The van der Waals surface area contributed by atoms with Gasteiger partial charge in [-0.15, -0.1) is 11.3 Å². The van der Waals surface area contributed by atoms with Gasteiger partial charge in [-0.1, -0.05) is 45.0 Å². The first-order valence-electron chi connectivity index (χ1n) is 10.2. The van der Waals surface area contributed by atoms with Crippen LogP contribution in [-0.2, 0) is 16.1 Å². The highest BCUT2D eigenvalue weighted by Gasteiger charge is 2.43. The molecule has 1 aromatic carbocycles. The maximum atomic E-state index is 13.0. The van der Waals surface area contributed by atoms with Gasteiger partial charge in [-0.2, -0.15) is 0 Å². The third kappa shape index (κ3) is 5.26. The molecule has 1 fully saturated rings. The zero-order valence-corrected chi connectivity index (χ0v) is 19.8. The van der Waals surface area contributed by atoms with E-state index in [0.29, 0.717) is 0 Å². The highest BCUT2D eigenvalue weighted by Crippen LogP contribution is 2.29. The third-order valence-electron chi connectivity index (χ3n) is 5.57. The smallest absolute Gasteiger partial charge is 0.260 e. The lowest BCUT2D eigenvalue weighted by molar-refractivity contribution is -0.143. The van der Waals surface area contributed by atoms with Crippen LogP contribution in [0.15, 0.2) is 29.8 Å². The average Bonchev–Trinajstić information content (AvgIpc) is 3.31. The van der Waals surface area contributed by atoms with E-state index in [4.69, 9.17) is 17.5 Å². The molecule has 7 nitrogen and oxygen atoms in total. The topological polar surface area (TPSA) is 99.8 Å². The lowest BCUT2D eigenvalue weighted by Gasteiger charge is -2.33. The number of hydrogen-bond acceptors (Lipinski definition) is 6. The molecule has 3 rings (SSSR count). The quantitative estimate of drug-likeness (QED) is 0.662. The molecule has 9 heteroatoms. The molecule has 2 amide bonds. The van der Waals surface area contributed by atoms with Gasteiger partial charge in [0.2, 0.25) is 5.91 Å². The number of carbonyl (C=O) groups excluding carboxylic acids is 2. The van der Waals surface area contributed by atoms with Gasteiger partial charge in [-0.25, -0.2) is 9.40 Å². The Labute approximate surface area is 191 Å². The number of aryl methyl sites for hydroxylation is 1. The fraction of sp³-hybridized carbons (Fsp3) is 0.500. The molecule has 168 valence electrons. The van der Waals surface area contributed by atoms with Gasteiger partial charge in [0.25, 0.3) is 5.91 Å². The standard InChI is InChI=1S/C22H29ClN4O3S/c1-13-18(31-12-25-13)15-7-5-14(6-8-15)10-27(23)20(29)17-9-16(28)11-26(17)21(30)19(24)22(2,3)4/h5-8,12,16-17,19,28H,9-11,24H2,1-4H3/t16-,17+,19-/m1/s1. The number of halogens is 1. The summed E-state index contributed by atoms with van der Waals surface area (Å²) in [7, 11) is 0. The second-order valence-corrected chi connectivity index (χ2v) is 10.3. The number of β-amino-alcohol motifs (C(OH)–C–C–N with tert-alkyl or cyclic N) is 1. The Morgan fingerprint density at radius 2 is 2.00 bits per heavy atom. The van der Waals surface area contributed by atoms with Crippen LogP contribution in [0.4, 0.5) is 0 Å². The summed E-state index contributed by atoms with van der Waals surface area (Å²) in [6, 6.07) is 6.18. The van der Waals surface area contributed by atoms with Crippen molar-refractivity contribution in [2.24, 2.45) is 11.1 Å². The number of hydrogen-bond donors (Lipinski definition) is 2. The first kappa shape index (κ1) is 23.7. The average molecular weight is 465 g/mol. The Bertz CT molecular complexity index is 941. The summed E-state index contributed by atoms with van der Waals surface area (Å²) in [6.45, 7) is 7.82. The molecule has 0 unspecified atom stereocenters. The summed E-state index contributed by atoms with van der Waals surface area (Å²) in [4.78, 5) is 32.6. The minimum absolute atomic E-state index is 0.0760. The van der Waals surface area contributed by atoms with Crippen molar-refractivity contribution < 1.29 is 14.7 Å². The highest BCUT2D eigenvalue weighted by atomic mass is 35.5. The summed E-state index contributed by atoms with van der Waals surface area (Å²) in [5.74, 6) is -0.771. The number of thiazole rings is 1. The number of aromatic nitrogens is 1. The van der Waals surface area contributed by atoms with E-state index in [1.54, 1.807) is 11.3 Å². The lowest BCUT2D eigenvalue weighted by Crippen LogP contribution is -2.54. The number of aliphatic hydroxyl groups excluding tert-OH is 1. The van der Waals surface area contributed by atoms with Gasteiger partial charge in [-0.05, 0) is 23.5 Å². The fourth-order valence-corrected chi connectivity index (χ4v) is 4.64. The monoisotopic (exact) mass is 464 g/mol. The molecule has 0 radical (unpaired) electrons. The molecule has 2 heterocycles. The first-order valence-corrected chi connectivity index (χ1v) is 11.4. The largest absolute Gasteiger partial charge is 0.391 e. The number of rotatable bonds is 5. The van der Waals surface area contributed by atoms with Crippen molar-refractivity contribution in [2.45, 2.75) is 58.8 Å². The van der Waals surface area contributed by atoms with E-state index < -0.39 is 29.5 Å². The Morgan fingerprint density at radius 3 is 2.55 bits per heavy atom. The van der Waals surface area contributed by atoms with E-state index >= 15 is 0 Å². The summed E-state index contributed by atoms with van der Waals surface area (Å²) in [5, 5.41) is 10.1. The van der Waals surface area contributed by atoms with Gasteiger partial charge in [0.15, 0.2) is 0 Å². The predicted octanol–water partition coefficient (Wildman–Crippen LogP) is 2.94. The van der Waals surface area contributed by atoms with Gasteiger partial charge in [0.1, 0.15) is 6.04 Å². The molecule has 0 bridgehead atoms. The molecule has 3 atom stereocenters. The SMILES string of the molecule is Cc1ncsc1-c1ccc(CN(Cl)C(=O)[C@@H]2C[C@@H](O)CN2C(=O)[C@@H](N)C(C)(C)C)cc1. The maximum Gasteiger partial charge on any atom is 0.260 e. The van der Waals surface area contributed by atoms with E-state index in [0.717, 1.165) is 26.1 Å². The van der Waals surface area contributed by atoms with Gasteiger partial charge >= 0.3 is 0 Å². The first-order chi connectivity index (χ1) is 14.5. The third-order valence-corrected chi connectivity index (χ3v) is 6.83. The normalized spacial score (nSPS) is 20.0. The van der Waals surface area contributed by atoms with Crippen LogP contribution in [-0.4, -0.2) is 56.0 Å². The molecule has 1 aliphatic rings. The number of aliphatic hydroxyl groups is 1. The molecule has 1 aromatic heterocycles. The second-order valence-electron chi connectivity index (χ2n) is 9.06. The zero-order chi connectivity index (χ0) is 22.9. The summed E-state index contributed by atoms with van der Waals surface area (Å²) >= 11 is 7.90. The van der Waals surface area contributed by atoms with Crippen LogP contribution >= 0.6 is 23.1 Å². The minimum atomic E-state index is -0.826. The molecule has 1 aliphatic heterocycles. The van der Waals surface area contributed by atoms with E-state index in [9.17, 15) is 14.7 Å². The van der Waals surface area contributed by atoms with Crippen LogP contribution in [0.5, 0.6) is 0 Å². The molecule has 3 N–H and O–H groups in total. The van der Waals surface area contributed by atoms with Crippen LogP contribution in [0.1, 0.15) is 38.4 Å². The minimum Gasteiger partial charge on any atom is -0.391 e.